The number of ether oxygens (including phenoxy) is 2. The topological polar surface area (TPSA) is 59.1 Å². The second-order valence-corrected chi connectivity index (χ2v) is 8.45. The largest absolute Gasteiger partial charge is 0.382 e. The van der Waals surface area contributed by atoms with Crippen molar-refractivity contribution < 1.29 is 19.1 Å². The van der Waals surface area contributed by atoms with Crippen molar-refractivity contribution in [2.45, 2.75) is 43.4 Å². The molecule has 116 valence electrons. The van der Waals surface area contributed by atoms with Gasteiger partial charge in [-0.1, -0.05) is 19.1 Å². The van der Waals surface area contributed by atoms with E-state index < -0.39 is 11.0 Å². The summed E-state index contributed by atoms with van der Waals surface area (Å²) in [5.41, 5.74) is -1.88. The average Bonchev–Trinajstić information content (AvgIpc) is 3.32. The molecule has 2 saturated heterocycles. The van der Waals surface area contributed by atoms with Crippen LogP contribution in [0.1, 0.15) is 26.7 Å². The molecule has 0 radical (unpaired) electrons. The minimum atomic E-state index is -0.605. The number of amides is 2. The second kappa shape index (κ2) is 2.71. The fraction of sp³-hybridized carbons (Fsp3) is 0.765. The van der Waals surface area contributed by atoms with Crippen LogP contribution in [0.25, 0.3) is 0 Å². The summed E-state index contributed by atoms with van der Waals surface area (Å²) >= 11 is 0. The standard InChI is InChI=1S/C17H19NO4/c1-13-4-7-16(13)14(2,22-16)17-9(10(13)17)11(19)18(12(17)20)15(5-6-15)8-21-3/h4,7,9-10H,5-6,8H2,1-3H3. The highest BCUT2D eigenvalue weighted by molar-refractivity contribution is 6.16. The van der Waals surface area contributed by atoms with E-state index in [1.807, 2.05) is 6.92 Å². The molecule has 2 spiro atoms. The summed E-state index contributed by atoms with van der Waals surface area (Å²) in [6, 6.07) is 0. The van der Waals surface area contributed by atoms with Crippen LogP contribution in [0, 0.1) is 22.7 Å². The molecule has 5 nitrogen and oxygen atoms in total. The van der Waals surface area contributed by atoms with Crippen LogP contribution in [-0.4, -0.2) is 47.2 Å². The molecule has 2 amide bonds. The Morgan fingerprint density at radius 1 is 1.32 bits per heavy atom. The quantitative estimate of drug-likeness (QED) is 0.441. The molecule has 0 aromatic carbocycles. The maximum absolute atomic E-state index is 13.4. The molecule has 6 rings (SSSR count). The fourth-order valence-electron chi connectivity index (χ4n) is 6.66. The monoisotopic (exact) mass is 301 g/mol. The molecular weight excluding hydrogens is 282 g/mol. The third kappa shape index (κ3) is 0.739. The Hall–Kier alpha value is -1.20. The van der Waals surface area contributed by atoms with Crippen LogP contribution in [0.3, 0.4) is 0 Å². The number of epoxide rings is 1. The second-order valence-electron chi connectivity index (χ2n) is 8.45. The van der Waals surface area contributed by atoms with Gasteiger partial charge in [-0.2, -0.15) is 0 Å². The number of likely N-dealkylation sites (tertiary alicyclic amines) is 1. The zero-order valence-corrected chi connectivity index (χ0v) is 13.0. The van der Waals surface area contributed by atoms with E-state index in [1.54, 1.807) is 12.0 Å². The number of carbonyl (C=O) groups excluding carboxylic acids is 2. The first-order valence-electron chi connectivity index (χ1n) is 8.14. The van der Waals surface area contributed by atoms with Crippen LogP contribution >= 0.6 is 0 Å². The summed E-state index contributed by atoms with van der Waals surface area (Å²) in [6.45, 7) is 4.65. The van der Waals surface area contributed by atoms with E-state index in [1.165, 1.54) is 0 Å². The van der Waals surface area contributed by atoms with E-state index in [9.17, 15) is 9.59 Å². The highest BCUT2D eigenvalue weighted by Crippen LogP contribution is 2.95. The first-order valence-corrected chi connectivity index (χ1v) is 8.14. The lowest BCUT2D eigenvalue weighted by molar-refractivity contribution is -0.151. The highest BCUT2D eigenvalue weighted by atomic mass is 16.6. The lowest BCUT2D eigenvalue weighted by atomic mass is 9.63. The highest BCUT2D eigenvalue weighted by Gasteiger charge is 3.06. The van der Waals surface area contributed by atoms with Crippen molar-refractivity contribution in [1.29, 1.82) is 0 Å². The third-order valence-corrected chi connectivity index (χ3v) is 7.90. The van der Waals surface area contributed by atoms with E-state index >= 15 is 0 Å². The zero-order chi connectivity index (χ0) is 15.3. The fourth-order valence-corrected chi connectivity index (χ4v) is 6.66. The van der Waals surface area contributed by atoms with Crippen molar-refractivity contribution >= 4 is 11.8 Å². The van der Waals surface area contributed by atoms with Gasteiger partial charge in [0.1, 0.15) is 11.2 Å². The third-order valence-electron chi connectivity index (χ3n) is 7.90. The van der Waals surface area contributed by atoms with Gasteiger partial charge in [0.2, 0.25) is 11.8 Å². The molecule has 0 aromatic rings. The average molecular weight is 301 g/mol. The Morgan fingerprint density at radius 3 is 2.59 bits per heavy atom. The van der Waals surface area contributed by atoms with E-state index in [0.717, 1.165) is 12.8 Å². The van der Waals surface area contributed by atoms with Gasteiger partial charge in [-0.05, 0) is 19.8 Å². The summed E-state index contributed by atoms with van der Waals surface area (Å²) in [5.74, 6) is -0.00139. The molecule has 4 aliphatic carbocycles. The summed E-state index contributed by atoms with van der Waals surface area (Å²) in [4.78, 5) is 27.9. The number of hydrogen-bond donors (Lipinski definition) is 0. The predicted octanol–water partition coefficient (Wildman–Crippen LogP) is 0.884. The SMILES string of the molecule is COCC1(N2C(=O)C3C4C5(C)C=CC56OC6(C)C34C2=O)CC1. The van der Waals surface area contributed by atoms with Crippen LogP contribution in [0.2, 0.25) is 0 Å². The number of carbonyl (C=O) groups is 2. The van der Waals surface area contributed by atoms with Crippen molar-refractivity contribution in [3.05, 3.63) is 12.2 Å². The summed E-state index contributed by atoms with van der Waals surface area (Å²) in [7, 11) is 1.63. The molecule has 6 unspecified atom stereocenters. The van der Waals surface area contributed by atoms with Crippen LogP contribution in [0.4, 0.5) is 0 Å². The van der Waals surface area contributed by atoms with Crippen molar-refractivity contribution in [3.8, 4) is 0 Å². The van der Waals surface area contributed by atoms with Crippen LogP contribution < -0.4 is 0 Å². The number of piperidine rings is 1. The number of rotatable bonds is 3. The lowest BCUT2D eigenvalue weighted by Crippen LogP contribution is -2.50. The Labute approximate surface area is 128 Å². The van der Waals surface area contributed by atoms with E-state index in [0.29, 0.717) is 6.61 Å². The first-order chi connectivity index (χ1) is 10.4. The molecule has 2 aliphatic heterocycles. The Balaban J connectivity index is 1.48. The van der Waals surface area contributed by atoms with E-state index in [-0.39, 0.29) is 40.2 Å². The maximum Gasteiger partial charge on any atom is 0.240 e. The van der Waals surface area contributed by atoms with Crippen molar-refractivity contribution in [1.82, 2.24) is 4.90 Å². The maximum atomic E-state index is 13.4. The lowest BCUT2D eigenvalue weighted by Gasteiger charge is -2.39. The summed E-state index contributed by atoms with van der Waals surface area (Å²) in [5, 5.41) is 0. The van der Waals surface area contributed by atoms with Crippen molar-refractivity contribution in [3.63, 3.8) is 0 Å². The number of fused-ring (bicyclic) bond motifs is 2. The van der Waals surface area contributed by atoms with Crippen molar-refractivity contribution in [2.24, 2.45) is 22.7 Å². The summed E-state index contributed by atoms with van der Waals surface area (Å²) in [6.07, 6.45) is 5.99. The van der Waals surface area contributed by atoms with Gasteiger partial charge < -0.3 is 9.47 Å². The summed E-state index contributed by atoms with van der Waals surface area (Å²) < 4.78 is 11.4. The van der Waals surface area contributed by atoms with Crippen LogP contribution in [0.15, 0.2) is 12.2 Å². The molecule has 5 heteroatoms. The molecule has 3 saturated carbocycles. The molecule has 22 heavy (non-hydrogen) atoms. The molecule has 0 N–H and O–H groups in total. The zero-order valence-electron chi connectivity index (χ0n) is 13.0. The normalized spacial score (nSPS) is 60.4. The van der Waals surface area contributed by atoms with Gasteiger partial charge in [0, 0.05) is 18.4 Å². The molecule has 0 bridgehead atoms. The molecule has 6 aliphatic rings. The van der Waals surface area contributed by atoms with Crippen LogP contribution in [-0.2, 0) is 19.1 Å². The van der Waals surface area contributed by atoms with Gasteiger partial charge in [0.05, 0.1) is 23.5 Å². The smallest absolute Gasteiger partial charge is 0.240 e. The Morgan fingerprint density at radius 2 is 2.05 bits per heavy atom. The van der Waals surface area contributed by atoms with Crippen LogP contribution in [0.5, 0.6) is 0 Å². The van der Waals surface area contributed by atoms with E-state index in [2.05, 4.69) is 19.1 Å². The number of hydrogen-bond acceptors (Lipinski definition) is 4. The first kappa shape index (κ1) is 12.3. The molecule has 0 aromatic heterocycles. The van der Waals surface area contributed by atoms with E-state index in [4.69, 9.17) is 9.47 Å². The van der Waals surface area contributed by atoms with Gasteiger partial charge in [0.15, 0.2) is 0 Å². The minimum absolute atomic E-state index is 0.0128. The Kier molecular flexibility index (Phi) is 1.51. The number of imide groups is 1. The van der Waals surface area contributed by atoms with Crippen molar-refractivity contribution in [2.75, 3.05) is 13.7 Å². The molecule has 6 atom stereocenters. The molecule has 5 fully saturated rings. The Bertz CT molecular complexity index is 726. The van der Waals surface area contributed by atoms with Gasteiger partial charge in [0.25, 0.3) is 0 Å². The van der Waals surface area contributed by atoms with Gasteiger partial charge in [-0.3, -0.25) is 14.5 Å². The predicted molar refractivity (Wildman–Crippen MR) is 74.6 cm³/mol. The minimum Gasteiger partial charge on any atom is -0.382 e. The molecular formula is C17H19NO4. The molecule has 2 heterocycles. The van der Waals surface area contributed by atoms with Gasteiger partial charge >= 0.3 is 0 Å². The number of nitrogens with zero attached hydrogens (tertiary/aromatic N) is 1. The van der Waals surface area contributed by atoms with Gasteiger partial charge in [-0.15, -0.1) is 0 Å². The van der Waals surface area contributed by atoms with Gasteiger partial charge in [-0.25, -0.2) is 0 Å². The number of methoxy groups -OCH3 is 1.